The van der Waals surface area contributed by atoms with Gasteiger partial charge in [0.05, 0.1) is 12.6 Å². The molecule has 7 nitrogen and oxygen atoms in total. The Morgan fingerprint density at radius 1 is 1.50 bits per heavy atom. The summed E-state index contributed by atoms with van der Waals surface area (Å²) in [7, 11) is 3.99. The van der Waals surface area contributed by atoms with E-state index in [2.05, 4.69) is 20.6 Å². The lowest BCUT2D eigenvalue weighted by Gasteiger charge is -2.11. The van der Waals surface area contributed by atoms with Crippen LogP contribution in [0.15, 0.2) is 29.1 Å². The molecule has 0 radical (unpaired) electrons. The minimum absolute atomic E-state index is 0.157. The van der Waals surface area contributed by atoms with Crippen LogP contribution in [-0.4, -0.2) is 53.0 Å². The third-order valence-corrected chi connectivity index (χ3v) is 3.74. The van der Waals surface area contributed by atoms with Gasteiger partial charge in [0, 0.05) is 25.4 Å². The summed E-state index contributed by atoms with van der Waals surface area (Å²) in [5.74, 6) is 0.487. The third-order valence-electron chi connectivity index (χ3n) is 3.04. The zero-order chi connectivity index (χ0) is 15.9. The van der Waals surface area contributed by atoms with Crippen molar-refractivity contribution in [2.75, 3.05) is 32.5 Å². The molecule has 2 amide bonds. The van der Waals surface area contributed by atoms with E-state index in [1.54, 1.807) is 10.7 Å². The molecular formula is C14H21N5O2S. The molecule has 0 bridgehead atoms. The molecule has 0 aliphatic carbocycles. The van der Waals surface area contributed by atoms with Crippen molar-refractivity contribution in [3.05, 3.63) is 34.7 Å². The van der Waals surface area contributed by atoms with E-state index in [1.165, 1.54) is 11.3 Å². The van der Waals surface area contributed by atoms with Gasteiger partial charge in [-0.25, -0.2) is 4.79 Å². The first-order chi connectivity index (χ1) is 10.5. The number of thiophene rings is 1. The highest BCUT2D eigenvalue weighted by Crippen LogP contribution is 2.15. The van der Waals surface area contributed by atoms with Crippen LogP contribution in [0.1, 0.15) is 11.7 Å². The maximum absolute atomic E-state index is 11.8. The molecule has 0 aliphatic rings. The molecule has 2 rings (SSSR count). The van der Waals surface area contributed by atoms with Crippen molar-refractivity contribution in [2.45, 2.75) is 12.6 Å². The second-order valence-corrected chi connectivity index (χ2v) is 5.95. The Morgan fingerprint density at radius 2 is 2.32 bits per heavy atom. The molecule has 2 heterocycles. The van der Waals surface area contributed by atoms with Gasteiger partial charge in [-0.15, -0.1) is 0 Å². The van der Waals surface area contributed by atoms with E-state index in [1.807, 2.05) is 37.1 Å². The van der Waals surface area contributed by atoms with Crippen LogP contribution in [0.2, 0.25) is 0 Å². The van der Waals surface area contributed by atoms with Crippen LogP contribution in [0.25, 0.3) is 0 Å². The number of aromatic nitrogens is 2. The van der Waals surface area contributed by atoms with E-state index in [-0.39, 0.29) is 12.6 Å². The molecule has 0 spiro atoms. The highest BCUT2D eigenvalue weighted by Gasteiger charge is 2.10. The molecule has 0 saturated heterocycles. The maximum Gasteiger partial charge on any atom is 0.320 e. The fourth-order valence-electron chi connectivity index (χ4n) is 1.79. The monoisotopic (exact) mass is 323 g/mol. The molecule has 8 heteroatoms. The number of rotatable bonds is 7. The molecule has 2 aromatic heterocycles. The maximum atomic E-state index is 11.8. The van der Waals surface area contributed by atoms with Gasteiger partial charge in [-0.2, -0.15) is 16.4 Å². The Kier molecular flexibility index (Phi) is 5.93. The number of urea groups is 1. The van der Waals surface area contributed by atoms with Crippen molar-refractivity contribution in [1.82, 2.24) is 20.0 Å². The molecule has 120 valence electrons. The van der Waals surface area contributed by atoms with Gasteiger partial charge in [0.1, 0.15) is 0 Å². The largest absolute Gasteiger partial charge is 0.387 e. The molecule has 3 N–H and O–H groups in total. The molecule has 0 aromatic carbocycles. The van der Waals surface area contributed by atoms with Gasteiger partial charge in [0.25, 0.3) is 0 Å². The Hall–Kier alpha value is -1.90. The van der Waals surface area contributed by atoms with Crippen LogP contribution in [0.4, 0.5) is 10.6 Å². The zero-order valence-corrected chi connectivity index (χ0v) is 13.5. The number of anilines is 1. The van der Waals surface area contributed by atoms with Crippen LogP contribution >= 0.6 is 11.3 Å². The summed E-state index contributed by atoms with van der Waals surface area (Å²) in [5.41, 5.74) is 0.804. The summed E-state index contributed by atoms with van der Waals surface area (Å²) in [6.07, 6.45) is 1.12. The lowest BCUT2D eigenvalue weighted by molar-refractivity contribution is 0.175. The van der Waals surface area contributed by atoms with E-state index >= 15 is 0 Å². The van der Waals surface area contributed by atoms with Crippen molar-refractivity contribution in [3.63, 3.8) is 0 Å². The van der Waals surface area contributed by atoms with Gasteiger partial charge in [-0.1, -0.05) is 0 Å². The Labute approximate surface area is 133 Å². The average Bonchev–Trinajstić information content (AvgIpc) is 3.14. The van der Waals surface area contributed by atoms with Crippen LogP contribution in [0.3, 0.4) is 0 Å². The van der Waals surface area contributed by atoms with Gasteiger partial charge in [-0.3, -0.25) is 10.00 Å². The number of aliphatic hydroxyl groups is 1. The summed E-state index contributed by atoms with van der Waals surface area (Å²) >= 11 is 1.51. The Bertz CT molecular complexity index is 582. The summed E-state index contributed by atoms with van der Waals surface area (Å²) in [6.45, 7) is 1.79. The quantitative estimate of drug-likeness (QED) is 0.718. The number of carbonyl (C=O) groups excluding carboxylic acids is 1. The van der Waals surface area contributed by atoms with E-state index < -0.39 is 6.10 Å². The minimum atomic E-state index is -0.699. The number of carbonyl (C=O) groups is 1. The van der Waals surface area contributed by atoms with Crippen molar-refractivity contribution in [3.8, 4) is 0 Å². The Morgan fingerprint density at radius 3 is 3.00 bits per heavy atom. The van der Waals surface area contributed by atoms with E-state index in [4.69, 9.17) is 0 Å². The van der Waals surface area contributed by atoms with Crippen LogP contribution in [-0.2, 0) is 6.54 Å². The average molecular weight is 323 g/mol. The summed E-state index contributed by atoms with van der Waals surface area (Å²) in [4.78, 5) is 13.8. The molecule has 2 aromatic rings. The lowest BCUT2D eigenvalue weighted by Crippen LogP contribution is -2.32. The molecule has 0 aliphatic heterocycles. The first-order valence-corrected chi connectivity index (χ1v) is 7.92. The summed E-state index contributed by atoms with van der Waals surface area (Å²) < 4.78 is 1.77. The normalized spacial score (nSPS) is 12.4. The minimum Gasteiger partial charge on any atom is -0.387 e. The van der Waals surface area contributed by atoms with Crippen molar-refractivity contribution >= 4 is 23.2 Å². The first-order valence-electron chi connectivity index (χ1n) is 6.98. The first kappa shape index (κ1) is 16.5. The van der Waals surface area contributed by atoms with Gasteiger partial charge in [0.15, 0.2) is 5.82 Å². The molecule has 0 fully saturated rings. The van der Waals surface area contributed by atoms with E-state index in [0.717, 1.165) is 18.7 Å². The second-order valence-electron chi connectivity index (χ2n) is 5.17. The van der Waals surface area contributed by atoms with Crippen LogP contribution in [0, 0.1) is 0 Å². The van der Waals surface area contributed by atoms with Gasteiger partial charge >= 0.3 is 6.03 Å². The highest BCUT2D eigenvalue weighted by molar-refractivity contribution is 7.07. The number of nitrogens with zero attached hydrogens (tertiary/aromatic N) is 3. The summed E-state index contributed by atoms with van der Waals surface area (Å²) in [5, 5.41) is 23.2. The van der Waals surface area contributed by atoms with E-state index in [0.29, 0.717) is 5.82 Å². The lowest BCUT2D eigenvalue weighted by atomic mass is 10.2. The number of hydrogen-bond acceptors (Lipinski definition) is 5. The number of amides is 2. The van der Waals surface area contributed by atoms with Crippen LogP contribution in [0.5, 0.6) is 0 Å². The van der Waals surface area contributed by atoms with Gasteiger partial charge < -0.3 is 15.3 Å². The van der Waals surface area contributed by atoms with Crippen molar-refractivity contribution in [1.29, 1.82) is 0 Å². The molecule has 1 atom stereocenters. The van der Waals surface area contributed by atoms with Crippen molar-refractivity contribution < 1.29 is 9.90 Å². The fraction of sp³-hybridized carbons (Fsp3) is 0.429. The SMILES string of the molecule is CN(C)CCn1ccc(NC(=O)NC[C@H](O)c2ccsc2)n1. The highest BCUT2D eigenvalue weighted by atomic mass is 32.1. The Balaban J connectivity index is 1.75. The third kappa shape index (κ3) is 5.14. The second kappa shape index (κ2) is 7.92. The summed E-state index contributed by atoms with van der Waals surface area (Å²) in [6, 6.07) is 3.19. The predicted octanol–water partition coefficient (Wildman–Crippen LogP) is 1.36. The fourth-order valence-corrected chi connectivity index (χ4v) is 2.49. The molecule has 0 saturated carbocycles. The van der Waals surface area contributed by atoms with Crippen LogP contribution < -0.4 is 10.6 Å². The number of hydrogen-bond donors (Lipinski definition) is 3. The number of nitrogens with one attached hydrogen (secondary N) is 2. The van der Waals surface area contributed by atoms with Gasteiger partial charge in [0.2, 0.25) is 0 Å². The molecular weight excluding hydrogens is 302 g/mol. The van der Waals surface area contributed by atoms with Crippen molar-refractivity contribution in [2.24, 2.45) is 0 Å². The molecule has 0 unspecified atom stereocenters. The zero-order valence-electron chi connectivity index (χ0n) is 12.7. The molecule has 22 heavy (non-hydrogen) atoms. The number of likely N-dealkylation sites (N-methyl/N-ethyl adjacent to an activating group) is 1. The smallest absolute Gasteiger partial charge is 0.320 e. The van der Waals surface area contributed by atoms with E-state index in [9.17, 15) is 9.90 Å². The number of aliphatic hydroxyl groups excluding tert-OH is 1. The topological polar surface area (TPSA) is 82.4 Å². The predicted molar refractivity (Wildman–Crippen MR) is 87.1 cm³/mol. The standard InChI is InChI=1S/C14H21N5O2S/c1-18(2)6-7-19-5-3-13(17-19)16-14(21)15-9-12(20)11-4-8-22-10-11/h3-5,8,10,12,20H,6-7,9H2,1-2H3,(H2,15,16,17,21)/t12-/m0/s1. The van der Waals surface area contributed by atoms with Gasteiger partial charge in [-0.05, 0) is 36.5 Å².